The summed E-state index contributed by atoms with van der Waals surface area (Å²) >= 11 is 0. The fraction of sp³-hybridized carbons (Fsp3) is 0.625. The zero-order valence-corrected chi connectivity index (χ0v) is 12.5. The van der Waals surface area contributed by atoms with Gasteiger partial charge in [0.2, 0.25) is 0 Å². The van der Waals surface area contributed by atoms with Crippen molar-refractivity contribution in [3.05, 3.63) is 35.4 Å². The normalized spacial score (nSPS) is 20.9. The van der Waals surface area contributed by atoms with Crippen LogP contribution in [0.1, 0.15) is 44.7 Å². The number of halogens is 2. The van der Waals surface area contributed by atoms with Crippen LogP contribution in [0.2, 0.25) is 0 Å². The predicted octanol–water partition coefficient (Wildman–Crippen LogP) is 3.49. The summed E-state index contributed by atoms with van der Waals surface area (Å²) in [7, 11) is 1.78. The molecule has 1 aromatic rings. The van der Waals surface area contributed by atoms with Gasteiger partial charge in [-0.05, 0) is 58.5 Å². The summed E-state index contributed by atoms with van der Waals surface area (Å²) < 4.78 is 28.3. The minimum Gasteiger partial charge on any atom is -0.311 e. The van der Waals surface area contributed by atoms with Gasteiger partial charge in [-0.3, -0.25) is 4.90 Å². The van der Waals surface area contributed by atoms with Crippen LogP contribution in [0.5, 0.6) is 0 Å². The van der Waals surface area contributed by atoms with E-state index in [0.29, 0.717) is 0 Å². The molecular weight excluding hydrogens is 258 g/mol. The first-order valence-electron chi connectivity index (χ1n) is 7.40. The number of nitrogens with zero attached hydrogens (tertiary/aromatic N) is 1. The van der Waals surface area contributed by atoms with Crippen LogP contribution in [-0.2, 0) is 0 Å². The van der Waals surface area contributed by atoms with Crippen molar-refractivity contribution in [1.82, 2.24) is 10.2 Å². The topological polar surface area (TPSA) is 15.3 Å². The smallest absolute Gasteiger partial charge is 0.130 e. The lowest BCUT2D eigenvalue weighted by Gasteiger charge is -2.44. The molecule has 1 heterocycles. The molecule has 4 heteroatoms. The van der Waals surface area contributed by atoms with E-state index in [-0.39, 0.29) is 17.1 Å². The van der Waals surface area contributed by atoms with Crippen molar-refractivity contribution in [3.63, 3.8) is 0 Å². The van der Waals surface area contributed by atoms with E-state index in [0.717, 1.165) is 32.4 Å². The Bertz CT molecular complexity index is 438. The lowest BCUT2D eigenvalue weighted by molar-refractivity contribution is 0.0841. The Morgan fingerprint density at radius 2 is 1.80 bits per heavy atom. The van der Waals surface area contributed by atoms with Crippen LogP contribution in [-0.4, -0.2) is 30.6 Å². The second kappa shape index (κ2) is 6.19. The van der Waals surface area contributed by atoms with Gasteiger partial charge in [0, 0.05) is 11.1 Å². The first-order chi connectivity index (χ1) is 9.54. The molecule has 2 unspecified atom stereocenters. The summed E-state index contributed by atoms with van der Waals surface area (Å²) in [5.41, 5.74) is -0.125. The zero-order valence-electron chi connectivity index (χ0n) is 12.5. The van der Waals surface area contributed by atoms with E-state index in [1.54, 1.807) is 7.05 Å². The standard InChI is InChI=1S/C16H24F2N2/c1-4-16(2,20-10-5-6-11-20)15(19-3)14-12(17)8-7-9-13(14)18/h7-9,15,19H,4-6,10-11H2,1-3H3. The third kappa shape index (κ3) is 2.59. The minimum atomic E-state index is -0.469. The van der Waals surface area contributed by atoms with Gasteiger partial charge in [0.1, 0.15) is 11.6 Å². The summed E-state index contributed by atoms with van der Waals surface area (Å²) in [6, 6.07) is 3.73. The van der Waals surface area contributed by atoms with E-state index < -0.39 is 11.6 Å². The Balaban J connectivity index is 2.43. The van der Waals surface area contributed by atoms with Gasteiger partial charge in [-0.15, -0.1) is 0 Å². The number of likely N-dealkylation sites (N-methyl/N-ethyl adjacent to an activating group) is 1. The van der Waals surface area contributed by atoms with Crippen LogP contribution in [0.4, 0.5) is 8.78 Å². The average molecular weight is 282 g/mol. The maximum atomic E-state index is 14.1. The lowest BCUT2D eigenvalue weighted by Crippen LogP contribution is -2.53. The molecule has 2 rings (SSSR count). The van der Waals surface area contributed by atoms with Crippen LogP contribution in [0.3, 0.4) is 0 Å². The molecule has 0 saturated carbocycles. The van der Waals surface area contributed by atoms with Gasteiger partial charge in [0.15, 0.2) is 0 Å². The molecule has 0 aliphatic carbocycles. The molecule has 112 valence electrons. The highest BCUT2D eigenvalue weighted by atomic mass is 19.1. The van der Waals surface area contributed by atoms with Crippen molar-refractivity contribution in [1.29, 1.82) is 0 Å². The molecular formula is C16H24F2N2. The first-order valence-corrected chi connectivity index (χ1v) is 7.40. The summed E-state index contributed by atoms with van der Waals surface area (Å²) in [5.74, 6) is -0.938. The molecule has 1 aromatic carbocycles. The summed E-state index contributed by atoms with van der Waals surface area (Å²) in [6.45, 7) is 6.18. The maximum Gasteiger partial charge on any atom is 0.130 e. The molecule has 2 nitrogen and oxygen atoms in total. The van der Waals surface area contributed by atoms with Gasteiger partial charge >= 0.3 is 0 Å². The Kier molecular flexibility index (Phi) is 4.76. The van der Waals surface area contributed by atoms with Crippen LogP contribution in [0.15, 0.2) is 18.2 Å². The number of likely N-dealkylation sites (tertiary alicyclic amines) is 1. The number of rotatable bonds is 5. The third-order valence-electron chi connectivity index (χ3n) is 4.74. The molecule has 0 amide bonds. The highest BCUT2D eigenvalue weighted by molar-refractivity contribution is 5.27. The third-order valence-corrected chi connectivity index (χ3v) is 4.74. The molecule has 1 fully saturated rings. The molecule has 0 bridgehead atoms. The van der Waals surface area contributed by atoms with Gasteiger partial charge in [-0.1, -0.05) is 13.0 Å². The molecule has 0 spiro atoms. The largest absolute Gasteiger partial charge is 0.311 e. The van der Waals surface area contributed by atoms with Crippen molar-refractivity contribution in [3.8, 4) is 0 Å². The van der Waals surface area contributed by atoms with Gasteiger partial charge in [0.05, 0.1) is 6.04 Å². The van der Waals surface area contributed by atoms with Crippen LogP contribution >= 0.6 is 0 Å². The quantitative estimate of drug-likeness (QED) is 0.889. The Morgan fingerprint density at radius 1 is 1.25 bits per heavy atom. The number of benzene rings is 1. The molecule has 1 aliphatic rings. The van der Waals surface area contributed by atoms with Gasteiger partial charge in [-0.25, -0.2) is 8.78 Å². The van der Waals surface area contributed by atoms with Gasteiger partial charge in [-0.2, -0.15) is 0 Å². The molecule has 2 atom stereocenters. The predicted molar refractivity (Wildman–Crippen MR) is 77.7 cm³/mol. The average Bonchev–Trinajstić information content (AvgIpc) is 2.97. The highest BCUT2D eigenvalue weighted by Crippen LogP contribution is 2.38. The molecule has 1 saturated heterocycles. The van der Waals surface area contributed by atoms with E-state index >= 15 is 0 Å². The molecule has 1 aliphatic heterocycles. The summed E-state index contributed by atoms with van der Waals surface area (Å²) in [5, 5.41) is 3.15. The number of hydrogen-bond acceptors (Lipinski definition) is 2. The van der Waals surface area contributed by atoms with E-state index in [1.807, 2.05) is 0 Å². The van der Waals surface area contributed by atoms with Crippen LogP contribution in [0.25, 0.3) is 0 Å². The lowest BCUT2D eigenvalue weighted by atomic mass is 9.82. The van der Waals surface area contributed by atoms with Crippen molar-refractivity contribution < 1.29 is 8.78 Å². The highest BCUT2D eigenvalue weighted by Gasteiger charge is 2.41. The van der Waals surface area contributed by atoms with E-state index in [9.17, 15) is 8.78 Å². The van der Waals surface area contributed by atoms with E-state index in [2.05, 4.69) is 24.1 Å². The molecule has 0 radical (unpaired) electrons. The van der Waals surface area contributed by atoms with Crippen molar-refractivity contribution in [2.24, 2.45) is 0 Å². The fourth-order valence-electron chi connectivity index (χ4n) is 3.39. The van der Waals surface area contributed by atoms with Gasteiger partial charge in [0.25, 0.3) is 0 Å². The zero-order chi connectivity index (χ0) is 14.8. The molecule has 0 aromatic heterocycles. The summed E-state index contributed by atoms with van der Waals surface area (Å²) in [4.78, 5) is 2.36. The SMILES string of the molecule is CCC(C)(C(NC)c1c(F)cccc1F)N1CCCC1. The Labute approximate surface area is 120 Å². The monoisotopic (exact) mass is 282 g/mol. The number of hydrogen-bond donors (Lipinski definition) is 1. The van der Waals surface area contributed by atoms with Crippen LogP contribution in [0, 0.1) is 11.6 Å². The molecule has 20 heavy (non-hydrogen) atoms. The number of nitrogens with one attached hydrogen (secondary N) is 1. The van der Waals surface area contributed by atoms with Crippen molar-refractivity contribution >= 4 is 0 Å². The Hall–Kier alpha value is -1.00. The fourth-order valence-corrected chi connectivity index (χ4v) is 3.39. The van der Waals surface area contributed by atoms with Crippen molar-refractivity contribution in [2.75, 3.05) is 20.1 Å². The maximum absolute atomic E-state index is 14.1. The molecule has 1 N–H and O–H groups in total. The van der Waals surface area contributed by atoms with Gasteiger partial charge < -0.3 is 5.32 Å². The van der Waals surface area contributed by atoms with E-state index in [1.165, 1.54) is 18.2 Å². The first kappa shape index (κ1) is 15.4. The van der Waals surface area contributed by atoms with Crippen LogP contribution < -0.4 is 5.32 Å². The minimum absolute atomic E-state index is 0.159. The Morgan fingerprint density at radius 3 is 2.25 bits per heavy atom. The second-order valence-corrected chi connectivity index (χ2v) is 5.76. The van der Waals surface area contributed by atoms with E-state index in [4.69, 9.17) is 0 Å². The van der Waals surface area contributed by atoms with Crippen molar-refractivity contribution in [2.45, 2.75) is 44.7 Å². The second-order valence-electron chi connectivity index (χ2n) is 5.76. The summed E-state index contributed by atoms with van der Waals surface area (Å²) in [6.07, 6.45) is 3.16.